The molecule has 90 valence electrons. The molecule has 0 saturated carbocycles. The lowest BCUT2D eigenvalue weighted by Gasteiger charge is -2.10. The van der Waals surface area contributed by atoms with Gasteiger partial charge in [0.1, 0.15) is 5.69 Å². The number of nitrogens with one attached hydrogen (secondary N) is 1. The van der Waals surface area contributed by atoms with E-state index in [0.717, 1.165) is 4.68 Å². The van der Waals surface area contributed by atoms with Gasteiger partial charge in [-0.25, -0.2) is 0 Å². The summed E-state index contributed by atoms with van der Waals surface area (Å²) in [5.41, 5.74) is -1.04. The van der Waals surface area contributed by atoms with Gasteiger partial charge in [-0.15, -0.1) is 0 Å². The Labute approximate surface area is 94.5 Å². The van der Waals surface area contributed by atoms with Crippen molar-refractivity contribution in [2.75, 3.05) is 0 Å². The Bertz CT molecular complexity index is 554. The number of hydrogen-bond acceptors (Lipinski definition) is 1. The number of aromatic nitrogens is 2. The summed E-state index contributed by atoms with van der Waals surface area (Å²) in [6, 6.07) is 9.17. The Balaban J connectivity index is 2.37. The van der Waals surface area contributed by atoms with Crippen molar-refractivity contribution in [3.63, 3.8) is 0 Å². The third kappa shape index (κ3) is 2.58. The molecule has 3 nitrogen and oxygen atoms in total. The van der Waals surface area contributed by atoms with E-state index in [2.05, 4.69) is 5.10 Å². The number of hydrogen-bond donors (Lipinski definition) is 1. The molecule has 0 radical (unpaired) electrons. The molecule has 0 bridgehead atoms. The van der Waals surface area contributed by atoms with Crippen molar-refractivity contribution in [1.29, 1.82) is 0 Å². The fourth-order valence-corrected chi connectivity index (χ4v) is 1.55. The molecule has 2 rings (SSSR count). The fraction of sp³-hybridized carbons (Fsp3) is 0.182. The van der Waals surface area contributed by atoms with E-state index in [1.165, 1.54) is 0 Å². The van der Waals surface area contributed by atoms with Crippen molar-refractivity contribution in [2.45, 2.75) is 12.7 Å². The number of aromatic amines is 1. The maximum atomic E-state index is 12.6. The van der Waals surface area contributed by atoms with Crippen LogP contribution in [0.15, 0.2) is 41.2 Å². The van der Waals surface area contributed by atoms with Gasteiger partial charge in [0.25, 0.3) is 5.56 Å². The second kappa shape index (κ2) is 4.12. The second-order valence-corrected chi connectivity index (χ2v) is 3.58. The van der Waals surface area contributed by atoms with E-state index in [1.807, 2.05) is 0 Å². The van der Waals surface area contributed by atoms with Crippen LogP contribution in [-0.4, -0.2) is 9.78 Å². The van der Waals surface area contributed by atoms with E-state index in [1.54, 1.807) is 30.3 Å². The fourth-order valence-electron chi connectivity index (χ4n) is 1.55. The van der Waals surface area contributed by atoms with Crippen LogP contribution in [0.2, 0.25) is 0 Å². The monoisotopic (exact) mass is 242 g/mol. The van der Waals surface area contributed by atoms with Crippen LogP contribution < -0.4 is 5.56 Å². The number of benzene rings is 1. The normalized spacial score (nSPS) is 11.7. The quantitative estimate of drug-likeness (QED) is 0.861. The third-order valence-corrected chi connectivity index (χ3v) is 2.28. The summed E-state index contributed by atoms with van der Waals surface area (Å²) in [5.74, 6) is 0. The lowest BCUT2D eigenvalue weighted by Crippen LogP contribution is -2.15. The SMILES string of the molecule is O=c1cc(C(F)(F)F)n(Cc2ccccc2)[nH]1. The van der Waals surface area contributed by atoms with Gasteiger partial charge < -0.3 is 0 Å². The molecule has 1 N–H and O–H groups in total. The van der Waals surface area contributed by atoms with Crippen molar-refractivity contribution in [2.24, 2.45) is 0 Å². The standard InChI is InChI=1S/C11H9F3N2O/c12-11(13,14)9-6-10(17)15-16(9)7-8-4-2-1-3-5-8/h1-6H,7H2,(H,15,17). The first-order valence-electron chi connectivity index (χ1n) is 4.88. The lowest BCUT2D eigenvalue weighted by molar-refractivity contribution is -0.144. The number of H-pyrrole nitrogens is 1. The Morgan fingerprint density at radius 2 is 1.82 bits per heavy atom. The van der Waals surface area contributed by atoms with Gasteiger partial charge in [-0.1, -0.05) is 30.3 Å². The molecule has 0 fully saturated rings. The van der Waals surface area contributed by atoms with Crippen molar-refractivity contribution < 1.29 is 13.2 Å². The molecule has 0 saturated heterocycles. The Morgan fingerprint density at radius 1 is 1.18 bits per heavy atom. The molecule has 1 aromatic carbocycles. The van der Waals surface area contributed by atoms with Gasteiger partial charge in [-0.2, -0.15) is 13.2 Å². The maximum Gasteiger partial charge on any atom is 0.433 e. The summed E-state index contributed by atoms with van der Waals surface area (Å²) < 4.78 is 38.6. The maximum absolute atomic E-state index is 12.6. The largest absolute Gasteiger partial charge is 0.433 e. The lowest BCUT2D eigenvalue weighted by atomic mass is 10.2. The molecule has 0 aliphatic carbocycles. The molecule has 2 aromatic rings. The molecule has 0 aliphatic rings. The van der Waals surface area contributed by atoms with E-state index in [9.17, 15) is 18.0 Å². The third-order valence-electron chi connectivity index (χ3n) is 2.28. The first-order valence-corrected chi connectivity index (χ1v) is 4.88. The topological polar surface area (TPSA) is 37.8 Å². The highest BCUT2D eigenvalue weighted by Gasteiger charge is 2.35. The average Bonchev–Trinajstić information content (AvgIpc) is 2.60. The molecule has 0 spiro atoms. The Morgan fingerprint density at radius 3 is 2.41 bits per heavy atom. The van der Waals surface area contributed by atoms with Crippen LogP contribution in [-0.2, 0) is 12.7 Å². The van der Waals surface area contributed by atoms with Crippen molar-refractivity contribution in [1.82, 2.24) is 9.78 Å². The Hall–Kier alpha value is -1.98. The van der Waals surface area contributed by atoms with Crippen LogP contribution in [0, 0.1) is 0 Å². The summed E-state index contributed by atoms with van der Waals surface area (Å²) in [6.07, 6.45) is -4.53. The molecular weight excluding hydrogens is 233 g/mol. The molecular formula is C11H9F3N2O. The number of nitrogens with zero attached hydrogens (tertiary/aromatic N) is 1. The zero-order valence-electron chi connectivity index (χ0n) is 8.66. The molecule has 0 unspecified atom stereocenters. The van der Waals surface area contributed by atoms with E-state index in [4.69, 9.17) is 0 Å². The highest BCUT2D eigenvalue weighted by Crippen LogP contribution is 2.28. The Kier molecular flexibility index (Phi) is 2.79. The van der Waals surface area contributed by atoms with E-state index in [0.29, 0.717) is 11.6 Å². The first-order chi connectivity index (χ1) is 7.97. The second-order valence-electron chi connectivity index (χ2n) is 3.58. The van der Waals surface area contributed by atoms with Gasteiger partial charge in [-0.3, -0.25) is 14.6 Å². The molecule has 17 heavy (non-hydrogen) atoms. The minimum atomic E-state index is -4.53. The van der Waals surface area contributed by atoms with Crippen molar-refractivity contribution in [3.8, 4) is 0 Å². The molecule has 0 atom stereocenters. The van der Waals surface area contributed by atoms with Crippen LogP contribution >= 0.6 is 0 Å². The summed E-state index contributed by atoms with van der Waals surface area (Å²) in [4.78, 5) is 11.0. The van der Waals surface area contributed by atoms with Crippen LogP contribution in [0.25, 0.3) is 0 Å². The molecule has 0 aliphatic heterocycles. The zero-order valence-corrected chi connectivity index (χ0v) is 8.66. The van der Waals surface area contributed by atoms with Gasteiger partial charge in [0.15, 0.2) is 0 Å². The summed E-state index contributed by atoms with van der Waals surface area (Å²) >= 11 is 0. The summed E-state index contributed by atoms with van der Waals surface area (Å²) in [6.45, 7) is -0.0159. The molecule has 6 heteroatoms. The van der Waals surface area contributed by atoms with E-state index >= 15 is 0 Å². The van der Waals surface area contributed by atoms with Gasteiger partial charge in [-0.05, 0) is 5.56 Å². The van der Waals surface area contributed by atoms with Gasteiger partial charge >= 0.3 is 6.18 Å². The molecule has 0 amide bonds. The summed E-state index contributed by atoms with van der Waals surface area (Å²) in [5, 5.41) is 2.14. The predicted octanol–water partition coefficient (Wildman–Crippen LogP) is 2.24. The van der Waals surface area contributed by atoms with Crippen LogP contribution in [0.4, 0.5) is 13.2 Å². The molecule has 1 heterocycles. The van der Waals surface area contributed by atoms with Crippen LogP contribution in [0.1, 0.15) is 11.3 Å². The van der Waals surface area contributed by atoms with Gasteiger partial charge in [0.05, 0.1) is 6.54 Å². The van der Waals surface area contributed by atoms with E-state index < -0.39 is 17.4 Å². The van der Waals surface area contributed by atoms with Crippen LogP contribution in [0.5, 0.6) is 0 Å². The number of halogens is 3. The van der Waals surface area contributed by atoms with Gasteiger partial charge in [0, 0.05) is 6.07 Å². The predicted molar refractivity (Wildman–Crippen MR) is 55.6 cm³/mol. The van der Waals surface area contributed by atoms with Gasteiger partial charge in [0.2, 0.25) is 0 Å². The highest BCUT2D eigenvalue weighted by atomic mass is 19.4. The minimum Gasteiger partial charge on any atom is -0.276 e. The van der Waals surface area contributed by atoms with Crippen molar-refractivity contribution in [3.05, 3.63) is 58.0 Å². The number of rotatable bonds is 2. The first kappa shape index (κ1) is 11.5. The zero-order chi connectivity index (χ0) is 12.5. The van der Waals surface area contributed by atoms with Crippen LogP contribution in [0.3, 0.4) is 0 Å². The summed E-state index contributed by atoms with van der Waals surface area (Å²) in [7, 11) is 0. The number of alkyl halides is 3. The highest BCUT2D eigenvalue weighted by molar-refractivity contribution is 5.16. The minimum absolute atomic E-state index is 0.0159. The smallest absolute Gasteiger partial charge is 0.276 e. The average molecular weight is 242 g/mol. The van der Waals surface area contributed by atoms with Crippen molar-refractivity contribution >= 4 is 0 Å². The van der Waals surface area contributed by atoms with E-state index in [-0.39, 0.29) is 6.54 Å². The molecule has 1 aromatic heterocycles.